The second kappa shape index (κ2) is 4.10. The summed E-state index contributed by atoms with van der Waals surface area (Å²) >= 11 is 0. The normalized spacial score (nSPS) is 14.9. The summed E-state index contributed by atoms with van der Waals surface area (Å²) in [5.41, 5.74) is 1.84. The molecule has 2 rings (SSSR count). The number of carbonyl (C=O) groups is 1. The van der Waals surface area contributed by atoms with Crippen LogP contribution in [0.15, 0.2) is 42.3 Å². The second-order valence-electron chi connectivity index (χ2n) is 3.41. The maximum Gasteiger partial charge on any atom is 0.171 e. The first-order chi connectivity index (χ1) is 7.76. The van der Waals surface area contributed by atoms with Gasteiger partial charge in [0.2, 0.25) is 0 Å². The van der Waals surface area contributed by atoms with Gasteiger partial charge in [0.05, 0.1) is 11.3 Å². The fourth-order valence-electron chi connectivity index (χ4n) is 1.61. The van der Waals surface area contributed by atoms with Crippen molar-refractivity contribution < 1.29 is 4.79 Å². The minimum absolute atomic E-state index is 0.0117. The zero-order chi connectivity index (χ0) is 11.5. The number of carbonyl (C=O) groups excluding carboxylic acids is 1. The highest BCUT2D eigenvalue weighted by molar-refractivity contribution is 6.05. The Morgan fingerprint density at radius 2 is 2.38 bits per heavy atom. The van der Waals surface area contributed by atoms with Crippen LogP contribution in [0.2, 0.25) is 0 Å². The highest BCUT2D eigenvalue weighted by atomic mass is 16.1. The summed E-state index contributed by atoms with van der Waals surface area (Å²) in [4.78, 5) is 16.0. The summed E-state index contributed by atoms with van der Waals surface area (Å²) in [5.74, 6) is 0.491. The van der Waals surface area contributed by atoms with Gasteiger partial charge in [0, 0.05) is 18.8 Å². The van der Waals surface area contributed by atoms with Crippen molar-refractivity contribution in [2.24, 2.45) is 0 Å². The fourth-order valence-corrected chi connectivity index (χ4v) is 1.61. The number of aromatic nitrogens is 1. The second-order valence-corrected chi connectivity index (χ2v) is 3.41. The lowest BCUT2D eigenvalue weighted by Crippen LogP contribution is -2.04. The van der Waals surface area contributed by atoms with Gasteiger partial charge < -0.3 is 10.7 Å². The number of pyridine rings is 1. The van der Waals surface area contributed by atoms with E-state index in [-0.39, 0.29) is 12.2 Å². The maximum atomic E-state index is 11.9. The van der Waals surface area contributed by atoms with Gasteiger partial charge in [0.15, 0.2) is 5.78 Å². The van der Waals surface area contributed by atoms with Crippen LogP contribution in [-0.4, -0.2) is 17.0 Å². The van der Waals surface area contributed by atoms with E-state index in [1.165, 1.54) is 6.21 Å². The first kappa shape index (κ1) is 10.3. The number of Topliss-reactive ketones (excluding diaryl/α,β-unsaturated/α-hetero) is 1. The van der Waals surface area contributed by atoms with Crippen molar-refractivity contribution in [3.05, 3.63) is 47.8 Å². The van der Waals surface area contributed by atoms with Crippen LogP contribution in [-0.2, 0) is 0 Å². The van der Waals surface area contributed by atoms with Crippen molar-refractivity contribution in [1.29, 1.82) is 5.41 Å². The van der Waals surface area contributed by atoms with Gasteiger partial charge in [-0.1, -0.05) is 12.7 Å². The monoisotopic (exact) mass is 213 g/mol. The topological polar surface area (TPSA) is 65.8 Å². The van der Waals surface area contributed by atoms with E-state index in [1.54, 1.807) is 24.4 Å². The summed E-state index contributed by atoms with van der Waals surface area (Å²) in [6.07, 6.45) is 4.63. The molecule has 16 heavy (non-hydrogen) atoms. The molecule has 4 nitrogen and oxygen atoms in total. The van der Waals surface area contributed by atoms with Crippen molar-refractivity contribution in [2.75, 3.05) is 5.32 Å². The molecule has 0 spiro atoms. The lowest BCUT2D eigenvalue weighted by molar-refractivity contribution is 0.0995. The van der Waals surface area contributed by atoms with Gasteiger partial charge in [0.1, 0.15) is 5.82 Å². The smallest absolute Gasteiger partial charge is 0.171 e. The molecule has 1 aromatic rings. The van der Waals surface area contributed by atoms with E-state index < -0.39 is 0 Å². The molecule has 1 aromatic heterocycles. The molecule has 0 atom stereocenters. The Balaban J connectivity index is 2.55. The minimum Gasteiger partial charge on any atom is -0.338 e. The zero-order valence-electron chi connectivity index (χ0n) is 8.66. The van der Waals surface area contributed by atoms with Crippen LogP contribution < -0.4 is 5.32 Å². The van der Waals surface area contributed by atoms with E-state index in [0.29, 0.717) is 17.1 Å². The van der Waals surface area contributed by atoms with E-state index in [2.05, 4.69) is 16.9 Å². The number of fused-ring (bicyclic) bond motifs is 1. The van der Waals surface area contributed by atoms with Crippen molar-refractivity contribution in [2.45, 2.75) is 6.42 Å². The van der Waals surface area contributed by atoms with E-state index in [1.807, 2.05) is 0 Å². The molecule has 1 aliphatic heterocycles. The molecule has 0 saturated carbocycles. The molecule has 0 radical (unpaired) electrons. The third-order valence-electron chi connectivity index (χ3n) is 2.45. The summed E-state index contributed by atoms with van der Waals surface area (Å²) in [6, 6.07) is 3.45. The number of nitrogens with zero attached hydrogens (tertiary/aromatic N) is 1. The van der Waals surface area contributed by atoms with Gasteiger partial charge in [-0.05, 0) is 17.7 Å². The molecular weight excluding hydrogens is 202 g/mol. The number of hydrogen-bond acceptors (Lipinski definition) is 4. The predicted molar refractivity (Wildman–Crippen MR) is 62.8 cm³/mol. The van der Waals surface area contributed by atoms with Crippen molar-refractivity contribution in [3.63, 3.8) is 0 Å². The minimum atomic E-state index is -0.0117. The Kier molecular flexibility index (Phi) is 2.64. The average molecular weight is 213 g/mol. The number of ketones is 1. The van der Waals surface area contributed by atoms with Gasteiger partial charge in [0.25, 0.3) is 0 Å². The fraction of sp³-hybridized carbons (Fsp3) is 0.0833. The largest absolute Gasteiger partial charge is 0.338 e. The summed E-state index contributed by atoms with van der Waals surface area (Å²) in [7, 11) is 0. The molecule has 0 saturated heterocycles. The van der Waals surface area contributed by atoms with Gasteiger partial charge in [-0.2, -0.15) is 0 Å². The Labute approximate surface area is 93.2 Å². The number of nitrogens with one attached hydrogen (secondary N) is 2. The third kappa shape index (κ3) is 1.65. The van der Waals surface area contributed by atoms with E-state index in [0.717, 1.165) is 5.57 Å². The van der Waals surface area contributed by atoms with Crippen molar-refractivity contribution in [1.82, 2.24) is 4.98 Å². The Morgan fingerprint density at radius 1 is 1.56 bits per heavy atom. The van der Waals surface area contributed by atoms with E-state index in [9.17, 15) is 4.79 Å². The standard InChI is InChI=1S/C12H11N3O/c1-2-8-6-11(16)9-4-3-5-14-12(9)15-10(8)7-13/h2-5,7,13H,1,6H2,(H,14,15). The first-order valence-corrected chi connectivity index (χ1v) is 4.87. The molecule has 0 aromatic carbocycles. The molecule has 0 amide bonds. The Morgan fingerprint density at radius 3 is 3.06 bits per heavy atom. The Bertz CT molecular complexity index is 503. The summed E-state index contributed by atoms with van der Waals surface area (Å²) < 4.78 is 0. The van der Waals surface area contributed by atoms with Crippen LogP contribution >= 0.6 is 0 Å². The van der Waals surface area contributed by atoms with E-state index in [4.69, 9.17) is 5.41 Å². The van der Waals surface area contributed by atoms with Gasteiger partial charge in [-0.3, -0.25) is 4.79 Å². The SMILES string of the molecule is C=CC1=C(C=N)Nc2ncccc2C(=O)C1. The molecule has 80 valence electrons. The molecule has 0 unspecified atom stereocenters. The van der Waals surface area contributed by atoms with Crippen LogP contribution in [0.1, 0.15) is 16.8 Å². The number of rotatable bonds is 2. The molecule has 0 bridgehead atoms. The number of hydrogen-bond donors (Lipinski definition) is 2. The average Bonchev–Trinajstić information content (AvgIpc) is 2.46. The van der Waals surface area contributed by atoms with E-state index >= 15 is 0 Å². The van der Waals surface area contributed by atoms with Crippen LogP contribution in [0.25, 0.3) is 0 Å². The van der Waals surface area contributed by atoms with Crippen LogP contribution in [0.5, 0.6) is 0 Å². The predicted octanol–water partition coefficient (Wildman–Crippen LogP) is 2.17. The molecule has 2 N–H and O–H groups in total. The molecule has 0 fully saturated rings. The quantitative estimate of drug-likeness (QED) is 0.740. The molecular formula is C12H11N3O. The third-order valence-corrected chi connectivity index (χ3v) is 2.45. The molecule has 1 aliphatic rings. The summed E-state index contributed by atoms with van der Waals surface area (Å²) in [6.45, 7) is 3.65. The molecule has 0 aliphatic carbocycles. The van der Waals surface area contributed by atoms with Crippen molar-refractivity contribution in [3.8, 4) is 0 Å². The van der Waals surface area contributed by atoms with Crippen LogP contribution in [0.4, 0.5) is 5.82 Å². The summed E-state index contributed by atoms with van der Waals surface area (Å²) in [5, 5.41) is 10.3. The number of anilines is 1. The lowest BCUT2D eigenvalue weighted by atomic mass is 10.0. The zero-order valence-corrected chi connectivity index (χ0v) is 8.66. The molecule has 4 heteroatoms. The number of allylic oxidation sites excluding steroid dienone is 3. The van der Waals surface area contributed by atoms with Gasteiger partial charge >= 0.3 is 0 Å². The maximum absolute atomic E-state index is 11.9. The van der Waals surface area contributed by atoms with Crippen molar-refractivity contribution >= 4 is 17.8 Å². The Hall–Kier alpha value is -2.23. The van der Waals surface area contributed by atoms with Gasteiger partial charge in [-0.25, -0.2) is 4.98 Å². The highest BCUT2D eigenvalue weighted by Crippen LogP contribution is 2.24. The lowest BCUT2D eigenvalue weighted by Gasteiger charge is -2.06. The van der Waals surface area contributed by atoms with Gasteiger partial charge in [-0.15, -0.1) is 0 Å². The van der Waals surface area contributed by atoms with Crippen LogP contribution in [0, 0.1) is 5.41 Å². The van der Waals surface area contributed by atoms with Crippen LogP contribution in [0.3, 0.4) is 0 Å². The first-order valence-electron chi connectivity index (χ1n) is 4.87. The highest BCUT2D eigenvalue weighted by Gasteiger charge is 2.19. The molecule has 2 heterocycles.